The molecular weight excluding hydrogens is 331 g/mol. The predicted molar refractivity (Wildman–Crippen MR) is 87.7 cm³/mol. The van der Waals surface area contributed by atoms with E-state index in [1.165, 1.54) is 0 Å². The van der Waals surface area contributed by atoms with Crippen LogP contribution in [-0.2, 0) is 4.74 Å². The van der Waals surface area contributed by atoms with E-state index in [0.29, 0.717) is 22.2 Å². The van der Waals surface area contributed by atoms with Gasteiger partial charge in [-0.25, -0.2) is 4.98 Å². The third kappa shape index (κ3) is 2.77. The molecule has 6 heteroatoms. The number of hydrogen-bond donors (Lipinski definition) is 0. The molecule has 1 heterocycles. The molecule has 1 aromatic heterocycles. The van der Waals surface area contributed by atoms with Gasteiger partial charge in [-0.2, -0.15) is 0 Å². The number of alkyl halides is 1. The van der Waals surface area contributed by atoms with Gasteiger partial charge in [0.15, 0.2) is 0 Å². The first-order valence-electron chi connectivity index (χ1n) is 7.13. The minimum Gasteiger partial charge on any atom is -0.378 e. The lowest BCUT2D eigenvalue weighted by Gasteiger charge is -2.37. The molecular formula is C15H17Cl3N2O. The van der Waals surface area contributed by atoms with Gasteiger partial charge in [0.2, 0.25) is 0 Å². The molecule has 0 radical (unpaired) electrons. The van der Waals surface area contributed by atoms with E-state index in [2.05, 4.69) is 9.55 Å². The lowest BCUT2D eigenvalue weighted by molar-refractivity contribution is -0.0193. The number of imidazole rings is 1. The molecule has 1 aliphatic carbocycles. The van der Waals surface area contributed by atoms with E-state index >= 15 is 0 Å². The first-order valence-corrected chi connectivity index (χ1v) is 8.33. The van der Waals surface area contributed by atoms with Crippen molar-refractivity contribution >= 4 is 45.8 Å². The molecule has 1 atom stereocenters. The third-order valence-electron chi connectivity index (χ3n) is 3.95. The molecule has 3 rings (SSSR count). The molecule has 0 amide bonds. The standard InChI is InChI=1S/C15H17Cl3N2O/c1-3-21-10-4-9(5-10)20-14-7-12(18)11(17)6-13(14)19-15(20)8(2)16/h6-10H,3-5H2,1-2H3. The average molecular weight is 348 g/mol. The normalized spacial score (nSPS) is 23.3. The van der Waals surface area contributed by atoms with Crippen LogP contribution in [0, 0.1) is 0 Å². The van der Waals surface area contributed by atoms with Gasteiger partial charge in [-0.15, -0.1) is 11.6 Å². The molecule has 1 aromatic carbocycles. The van der Waals surface area contributed by atoms with Crippen molar-refractivity contribution in [3.8, 4) is 0 Å². The molecule has 0 bridgehead atoms. The highest BCUT2D eigenvalue weighted by Crippen LogP contribution is 2.41. The smallest absolute Gasteiger partial charge is 0.127 e. The van der Waals surface area contributed by atoms with Crippen molar-refractivity contribution in [2.45, 2.75) is 44.2 Å². The predicted octanol–water partition coefficient (Wildman–Crippen LogP) is 5.38. The van der Waals surface area contributed by atoms with E-state index in [4.69, 9.17) is 39.5 Å². The Balaban J connectivity index is 2.03. The van der Waals surface area contributed by atoms with Gasteiger partial charge in [0.25, 0.3) is 0 Å². The van der Waals surface area contributed by atoms with Crippen LogP contribution in [0.2, 0.25) is 10.0 Å². The van der Waals surface area contributed by atoms with E-state index in [-0.39, 0.29) is 5.38 Å². The summed E-state index contributed by atoms with van der Waals surface area (Å²) in [5, 5.41) is 0.893. The van der Waals surface area contributed by atoms with E-state index in [1.807, 2.05) is 19.9 Å². The summed E-state index contributed by atoms with van der Waals surface area (Å²) in [5.74, 6) is 0.866. The zero-order valence-corrected chi connectivity index (χ0v) is 14.2. The highest BCUT2D eigenvalue weighted by Gasteiger charge is 2.34. The fourth-order valence-electron chi connectivity index (χ4n) is 2.89. The molecule has 1 aliphatic rings. The lowest BCUT2D eigenvalue weighted by Crippen LogP contribution is -2.34. The highest BCUT2D eigenvalue weighted by atomic mass is 35.5. The van der Waals surface area contributed by atoms with Crippen LogP contribution >= 0.6 is 34.8 Å². The zero-order valence-electron chi connectivity index (χ0n) is 11.9. The summed E-state index contributed by atoms with van der Waals surface area (Å²) in [4.78, 5) is 4.64. The Hall–Kier alpha value is -0.480. The second-order valence-corrected chi connectivity index (χ2v) is 6.88. The minimum atomic E-state index is -0.166. The van der Waals surface area contributed by atoms with Crippen molar-refractivity contribution in [3.63, 3.8) is 0 Å². The maximum Gasteiger partial charge on any atom is 0.127 e. The van der Waals surface area contributed by atoms with E-state index in [1.54, 1.807) is 6.07 Å². The summed E-state index contributed by atoms with van der Waals surface area (Å²) < 4.78 is 7.85. The van der Waals surface area contributed by atoms with Crippen molar-refractivity contribution in [3.05, 3.63) is 28.0 Å². The van der Waals surface area contributed by atoms with E-state index < -0.39 is 0 Å². The highest BCUT2D eigenvalue weighted by molar-refractivity contribution is 6.42. The van der Waals surface area contributed by atoms with Crippen LogP contribution in [0.3, 0.4) is 0 Å². The number of benzene rings is 1. The van der Waals surface area contributed by atoms with Crippen molar-refractivity contribution in [1.29, 1.82) is 0 Å². The van der Waals surface area contributed by atoms with Crippen LogP contribution in [-0.4, -0.2) is 22.3 Å². The number of ether oxygens (including phenoxy) is 1. The van der Waals surface area contributed by atoms with Gasteiger partial charge < -0.3 is 9.30 Å². The average Bonchev–Trinajstić information content (AvgIpc) is 2.72. The molecule has 0 spiro atoms. The summed E-state index contributed by atoms with van der Waals surface area (Å²) >= 11 is 18.5. The Morgan fingerprint density at radius 2 is 2.00 bits per heavy atom. The van der Waals surface area contributed by atoms with Crippen LogP contribution in [0.5, 0.6) is 0 Å². The Kier molecular flexibility index (Phi) is 4.37. The van der Waals surface area contributed by atoms with Gasteiger partial charge in [0.05, 0.1) is 32.6 Å². The molecule has 21 heavy (non-hydrogen) atoms. The molecule has 1 fully saturated rings. The molecule has 0 aliphatic heterocycles. The molecule has 2 aromatic rings. The maximum atomic E-state index is 6.30. The first kappa shape index (κ1) is 15.4. The fraction of sp³-hybridized carbons (Fsp3) is 0.533. The Morgan fingerprint density at radius 3 is 2.62 bits per heavy atom. The first-order chi connectivity index (χ1) is 10.0. The Labute approximate surface area is 139 Å². The number of hydrogen-bond acceptors (Lipinski definition) is 2. The van der Waals surface area contributed by atoms with Crippen molar-refractivity contribution < 1.29 is 4.74 Å². The van der Waals surface area contributed by atoms with E-state index in [9.17, 15) is 0 Å². The van der Waals surface area contributed by atoms with Gasteiger partial charge in [-0.3, -0.25) is 0 Å². The summed E-state index contributed by atoms with van der Waals surface area (Å²) in [6, 6.07) is 4.04. The number of fused-ring (bicyclic) bond motifs is 1. The van der Waals surface area contributed by atoms with Gasteiger partial charge in [0, 0.05) is 12.6 Å². The Morgan fingerprint density at radius 1 is 1.33 bits per heavy atom. The molecule has 114 valence electrons. The second kappa shape index (κ2) is 5.96. The lowest BCUT2D eigenvalue weighted by atomic mass is 9.88. The zero-order chi connectivity index (χ0) is 15.1. The number of nitrogens with zero attached hydrogens (tertiary/aromatic N) is 2. The second-order valence-electron chi connectivity index (χ2n) is 5.41. The van der Waals surface area contributed by atoms with Gasteiger partial charge >= 0.3 is 0 Å². The van der Waals surface area contributed by atoms with Crippen molar-refractivity contribution in [2.75, 3.05) is 6.61 Å². The Bertz CT molecular complexity index is 662. The number of rotatable bonds is 4. The quantitative estimate of drug-likeness (QED) is 0.694. The molecule has 0 N–H and O–H groups in total. The fourth-order valence-corrected chi connectivity index (χ4v) is 3.36. The molecule has 1 saturated carbocycles. The van der Waals surface area contributed by atoms with Gasteiger partial charge in [-0.05, 0) is 38.8 Å². The molecule has 3 nitrogen and oxygen atoms in total. The number of halogens is 3. The topological polar surface area (TPSA) is 27.1 Å². The van der Waals surface area contributed by atoms with E-state index in [0.717, 1.165) is 36.3 Å². The summed E-state index contributed by atoms with van der Waals surface area (Å²) in [7, 11) is 0. The van der Waals surface area contributed by atoms with Crippen LogP contribution in [0.1, 0.15) is 43.9 Å². The molecule has 1 unspecified atom stereocenters. The summed E-state index contributed by atoms with van der Waals surface area (Å²) in [5.41, 5.74) is 1.83. The van der Waals surface area contributed by atoms with Crippen molar-refractivity contribution in [1.82, 2.24) is 9.55 Å². The summed E-state index contributed by atoms with van der Waals surface area (Å²) in [6.07, 6.45) is 2.30. The van der Waals surface area contributed by atoms with Crippen LogP contribution < -0.4 is 0 Å². The van der Waals surface area contributed by atoms with Crippen molar-refractivity contribution in [2.24, 2.45) is 0 Å². The summed E-state index contributed by atoms with van der Waals surface area (Å²) in [6.45, 7) is 4.71. The third-order valence-corrected chi connectivity index (χ3v) is 4.87. The molecule has 0 saturated heterocycles. The monoisotopic (exact) mass is 346 g/mol. The minimum absolute atomic E-state index is 0.166. The largest absolute Gasteiger partial charge is 0.378 e. The van der Waals surface area contributed by atoms with Gasteiger partial charge in [-0.1, -0.05) is 23.2 Å². The van der Waals surface area contributed by atoms with Gasteiger partial charge in [0.1, 0.15) is 5.82 Å². The van der Waals surface area contributed by atoms with Crippen LogP contribution in [0.4, 0.5) is 0 Å². The maximum absolute atomic E-state index is 6.30. The number of aromatic nitrogens is 2. The van der Waals surface area contributed by atoms with Crippen LogP contribution in [0.15, 0.2) is 12.1 Å². The van der Waals surface area contributed by atoms with Crippen LogP contribution in [0.25, 0.3) is 11.0 Å². The SMILES string of the molecule is CCOC1CC(n2c(C(C)Cl)nc3cc(Cl)c(Cl)cc32)C1.